The highest BCUT2D eigenvalue weighted by Crippen LogP contribution is 2.43. The molecule has 0 spiro atoms. The van der Waals surface area contributed by atoms with Gasteiger partial charge < -0.3 is 10.6 Å². The molecule has 0 unspecified atom stereocenters. The van der Waals surface area contributed by atoms with Gasteiger partial charge in [0.15, 0.2) is 0 Å². The summed E-state index contributed by atoms with van der Waals surface area (Å²) in [6.07, 6.45) is 4.05. The highest BCUT2D eigenvalue weighted by molar-refractivity contribution is 6.06. The summed E-state index contributed by atoms with van der Waals surface area (Å²) in [4.78, 5) is 18.2. The number of rotatable bonds is 5. The number of urea groups is 1. The van der Waals surface area contributed by atoms with Crippen LogP contribution in [0.3, 0.4) is 0 Å². The summed E-state index contributed by atoms with van der Waals surface area (Å²) < 4.78 is 0. The summed E-state index contributed by atoms with van der Waals surface area (Å²) in [5.41, 5.74) is 5.83. The second kappa shape index (κ2) is 4.56. The number of hydrogen-bond donors (Lipinski definition) is 1. The molecule has 2 rings (SSSR count). The monoisotopic (exact) mass is 251 g/mol. The number of aliphatic imine (C=N–C) groups is 1. The van der Waals surface area contributed by atoms with Crippen LogP contribution in [0.5, 0.6) is 0 Å². The number of amides is 2. The molecule has 0 radical (unpaired) electrons. The Hall–Kier alpha value is -1.06. The maximum atomic E-state index is 12.1. The topological polar surface area (TPSA) is 58.7 Å². The third kappa shape index (κ3) is 2.25. The quantitative estimate of drug-likeness (QED) is 0.816. The summed E-state index contributed by atoms with van der Waals surface area (Å²) in [6.45, 7) is 8.74. The van der Waals surface area contributed by atoms with Crippen molar-refractivity contribution in [2.45, 2.75) is 65.0 Å². The molecule has 1 saturated carbocycles. The first-order valence-electron chi connectivity index (χ1n) is 7.04. The first-order valence-corrected chi connectivity index (χ1v) is 7.04. The van der Waals surface area contributed by atoms with Crippen molar-refractivity contribution in [3.05, 3.63) is 0 Å². The van der Waals surface area contributed by atoms with E-state index in [9.17, 15) is 4.79 Å². The van der Waals surface area contributed by atoms with Crippen LogP contribution in [0, 0.1) is 11.8 Å². The molecule has 0 aromatic heterocycles. The first-order chi connectivity index (χ1) is 8.36. The highest BCUT2D eigenvalue weighted by atomic mass is 16.2. The summed E-state index contributed by atoms with van der Waals surface area (Å²) in [5, 5.41) is 0. The standard InChI is InChI=1S/C14H25N3O/c1-9(2)7-14(8-10(3)4)12(15)16-13(18)17(14)11-5-6-11/h9-11H,5-8H2,1-4H3,(H2,15,16,18). The molecule has 2 N–H and O–H groups in total. The van der Waals surface area contributed by atoms with Gasteiger partial charge in [-0.2, -0.15) is 4.99 Å². The molecule has 1 heterocycles. The number of nitrogens with two attached hydrogens (primary N) is 1. The predicted molar refractivity (Wildman–Crippen MR) is 73.5 cm³/mol. The van der Waals surface area contributed by atoms with Crippen LogP contribution in [0.15, 0.2) is 4.99 Å². The van der Waals surface area contributed by atoms with E-state index < -0.39 is 0 Å². The van der Waals surface area contributed by atoms with Gasteiger partial charge >= 0.3 is 6.03 Å². The van der Waals surface area contributed by atoms with Gasteiger partial charge in [-0.15, -0.1) is 0 Å². The van der Waals surface area contributed by atoms with Gasteiger partial charge in [-0.1, -0.05) is 27.7 Å². The lowest BCUT2D eigenvalue weighted by atomic mass is 9.80. The summed E-state index contributed by atoms with van der Waals surface area (Å²) >= 11 is 0. The minimum absolute atomic E-state index is 0.115. The minimum atomic E-state index is -0.319. The second-order valence-corrected chi connectivity index (χ2v) is 6.61. The smallest absolute Gasteiger partial charge is 0.346 e. The summed E-state index contributed by atoms with van der Waals surface area (Å²) in [7, 11) is 0. The Morgan fingerprint density at radius 1 is 1.28 bits per heavy atom. The Morgan fingerprint density at radius 2 is 1.78 bits per heavy atom. The van der Waals surface area contributed by atoms with Crippen molar-refractivity contribution in [3.8, 4) is 0 Å². The molecule has 18 heavy (non-hydrogen) atoms. The van der Waals surface area contributed by atoms with Crippen LogP contribution in [0.2, 0.25) is 0 Å². The largest absolute Gasteiger partial charge is 0.385 e. The Kier molecular flexibility index (Phi) is 3.39. The number of amidine groups is 1. The average Bonchev–Trinajstić information content (AvgIpc) is 2.95. The molecule has 1 aliphatic carbocycles. The van der Waals surface area contributed by atoms with E-state index in [1.54, 1.807) is 0 Å². The molecule has 1 fully saturated rings. The second-order valence-electron chi connectivity index (χ2n) is 6.61. The predicted octanol–water partition coefficient (Wildman–Crippen LogP) is 2.77. The molecule has 0 saturated heterocycles. The molecule has 0 aromatic rings. The van der Waals surface area contributed by atoms with E-state index >= 15 is 0 Å². The lowest BCUT2D eigenvalue weighted by molar-refractivity contribution is 0.134. The third-order valence-electron chi connectivity index (χ3n) is 3.76. The maximum absolute atomic E-state index is 12.1. The fourth-order valence-corrected chi connectivity index (χ4v) is 3.25. The number of hydrogen-bond acceptors (Lipinski definition) is 2. The molecule has 4 heteroatoms. The van der Waals surface area contributed by atoms with Crippen molar-refractivity contribution in [2.75, 3.05) is 0 Å². The summed E-state index contributed by atoms with van der Waals surface area (Å²) in [6, 6.07) is 0.260. The molecule has 2 amide bonds. The van der Waals surface area contributed by atoms with Crippen molar-refractivity contribution in [1.29, 1.82) is 0 Å². The zero-order valence-electron chi connectivity index (χ0n) is 11.9. The summed E-state index contributed by atoms with van der Waals surface area (Å²) in [5.74, 6) is 1.55. The van der Waals surface area contributed by atoms with Gasteiger partial charge in [-0.25, -0.2) is 4.79 Å². The molecule has 0 bridgehead atoms. The van der Waals surface area contributed by atoms with Crippen molar-refractivity contribution in [1.82, 2.24) is 4.90 Å². The van der Waals surface area contributed by atoms with Crippen molar-refractivity contribution >= 4 is 11.9 Å². The van der Waals surface area contributed by atoms with E-state index in [0.717, 1.165) is 25.7 Å². The number of carbonyl (C=O) groups is 1. The van der Waals surface area contributed by atoms with E-state index in [-0.39, 0.29) is 11.6 Å². The molecule has 0 aromatic carbocycles. The molecular weight excluding hydrogens is 226 g/mol. The maximum Gasteiger partial charge on any atom is 0.346 e. The van der Waals surface area contributed by atoms with Crippen molar-refractivity contribution < 1.29 is 4.79 Å². The van der Waals surface area contributed by atoms with Crippen LogP contribution < -0.4 is 5.73 Å². The van der Waals surface area contributed by atoms with Crippen molar-refractivity contribution in [2.24, 2.45) is 22.6 Å². The van der Waals surface area contributed by atoms with Gasteiger partial charge in [0.25, 0.3) is 0 Å². The van der Waals surface area contributed by atoms with Gasteiger partial charge in [-0.3, -0.25) is 0 Å². The third-order valence-corrected chi connectivity index (χ3v) is 3.76. The molecule has 1 aliphatic heterocycles. The van der Waals surface area contributed by atoms with Crippen LogP contribution >= 0.6 is 0 Å². The van der Waals surface area contributed by atoms with Crippen LogP contribution in [0.25, 0.3) is 0 Å². The molecule has 4 nitrogen and oxygen atoms in total. The number of nitrogens with zero attached hydrogens (tertiary/aromatic N) is 2. The highest BCUT2D eigenvalue weighted by Gasteiger charge is 2.53. The fourth-order valence-electron chi connectivity index (χ4n) is 3.25. The molecule has 102 valence electrons. The van der Waals surface area contributed by atoms with Gasteiger partial charge in [-0.05, 0) is 37.5 Å². The average molecular weight is 251 g/mol. The van der Waals surface area contributed by atoms with Gasteiger partial charge in [0.1, 0.15) is 11.4 Å². The SMILES string of the molecule is CC(C)CC1(CC(C)C)C(N)=NC(=O)N1C1CC1. The Labute approximate surface area is 110 Å². The Balaban J connectivity index is 2.34. The van der Waals surface area contributed by atoms with Crippen LogP contribution in [0.1, 0.15) is 53.4 Å². The minimum Gasteiger partial charge on any atom is -0.385 e. The zero-order chi connectivity index (χ0) is 13.5. The number of carbonyl (C=O) groups excluding carboxylic acids is 1. The molecule has 2 aliphatic rings. The van der Waals surface area contributed by atoms with E-state index in [1.807, 2.05) is 4.90 Å². The zero-order valence-corrected chi connectivity index (χ0v) is 11.9. The van der Waals surface area contributed by atoms with Crippen molar-refractivity contribution in [3.63, 3.8) is 0 Å². The first kappa shape index (κ1) is 13.4. The van der Waals surface area contributed by atoms with Gasteiger partial charge in [0, 0.05) is 6.04 Å². The van der Waals surface area contributed by atoms with Gasteiger partial charge in [0.2, 0.25) is 0 Å². The fraction of sp³-hybridized carbons (Fsp3) is 0.857. The Bertz CT molecular complexity index is 359. The Morgan fingerprint density at radius 3 is 2.17 bits per heavy atom. The molecular formula is C14H25N3O. The van der Waals surface area contributed by atoms with E-state index in [0.29, 0.717) is 23.7 Å². The van der Waals surface area contributed by atoms with Crippen LogP contribution in [0.4, 0.5) is 4.79 Å². The van der Waals surface area contributed by atoms with E-state index in [4.69, 9.17) is 5.73 Å². The lowest BCUT2D eigenvalue weighted by Crippen LogP contribution is -2.56. The van der Waals surface area contributed by atoms with Crippen LogP contribution in [-0.2, 0) is 0 Å². The lowest BCUT2D eigenvalue weighted by Gasteiger charge is -2.41. The molecule has 0 atom stereocenters. The van der Waals surface area contributed by atoms with E-state index in [2.05, 4.69) is 32.7 Å². The normalized spacial score (nSPS) is 23.1. The van der Waals surface area contributed by atoms with E-state index in [1.165, 1.54) is 0 Å². The van der Waals surface area contributed by atoms with Gasteiger partial charge in [0.05, 0.1) is 0 Å². The van der Waals surface area contributed by atoms with Crippen LogP contribution in [-0.4, -0.2) is 28.3 Å².